The number of amides is 2. The van der Waals surface area contributed by atoms with Crippen LogP contribution >= 0.6 is 11.6 Å². The van der Waals surface area contributed by atoms with Crippen LogP contribution in [0.1, 0.15) is 20.3 Å². The molecule has 0 aromatic heterocycles. The van der Waals surface area contributed by atoms with Crippen molar-refractivity contribution in [1.82, 2.24) is 10.2 Å². The molecule has 2 rings (SSSR count). The highest BCUT2D eigenvalue weighted by atomic mass is 35.5. The number of anilines is 1. The largest absolute Gasteiger partial charge is 0.463 e. The van der Waals surface area contributed by atoms with Gasteiger partial charge < -0.3 is 19.9 Å². The molecule has 0 bridgehead atoms. The number of benzene rings is 1. The predicted octanol–water partition coefficient (Wildman–Crippen LogP) is 2.51. The van der Waals surface area contributed by atoms with E-state index >= 15 is 0 Å². The van der Waals surface area contributed by atoms with Crippen LogP contribution in [0.25, 0.3) is 0 Å². The van der Waals surface area contributed by atoms with Crippen LogP contribution in [0.15, 0.2) is 24.3 Å². The molecule has 1 heterocycles. The normalized spacial score (nSPS) is 14.7. The fraction of sp³-hybridized carbons (Fsp3) is 0.529. The quantitative estimate of drug-likeness (QED) is 0.826. The van der Waals surface area contributed by atoms with Gasteiger partial charge in [0.15, 0.2) is 0 Å². The van der Waals surface area contributed by atoms with Gasteiger partial charge in [0.05, 0.1) is 12.5 Å². The number of hydrogen-bond acceptors (Lipinski definition) is 4. The summed E-state index contributed by atoms with van der Waals surface area (Å²) in [5.41, 5.74) is 1.07. The minimum atomic E-state index is -0.295. The van der Waals surface area contributed by atoms with Crippen molar-refractivity contribution >= 4 is 29.3 Å². The first kappa shape index (κ1) is 18.4. The van der Waals surface area contributed by atoms with E-state index in [9.17, 15) is 9.59 Å². The van der Waals surface area contributed by atoms with Crippen LogP contribution < -0.4 is 10.2 Å². The minimum absolute atomic E-state index is 0.132. The second-order valence-electron chi connectivity index (χ2n) is 5.97. The number of ether oxygens (including phenoxy) is 1. The van der Waals surface area contributed by atoms with Crippen LogP contribution in [0.2, 0.25) is 5.02 Å². The Morgan fingerprint density at radius 1 is 1.25 bits per heavy atom. The molecule has 6 nitrogen and oxygen atoms in total. The van der Waals surface area contributed by atoms with Crippen molar-refractivity contribution in [3.8, 4) is 0 Å². The van der Waals surface area contributed by atoms with Crippen molar-refractivity contribution in [2.45, 2.75) is 26.4 Å². The van der Waals surface area contributed by atoms with Crippen molar-refractivity contribution < 1.29 is 14.3 Å². The van der Waals surface area contributed by atoms with Gasteiger partial charge in [-0.3, -0.25) is 4.79 Å². The minimum Gasteiger partial charge on any atom is -0.463 e. The Morgan fingerprint density at radius 2 is 1.96 bits per heavy atom. The fourth-order valence-corrected chi connectivity index (χ4v) is 2.73. The molecule has 24 heavy (non-hydrogen) atoms. The van der Waals surface area contributed by atoms with E-state index in [0.717, 1.165) is 18.8 Å². The molecule has 1 aliphatic heterocycles. The molecule has 1 aromatic rings. The maximum absolute atomic E-state index is 12.1. The second-order valence-corrected chi connectivity index (χ2v) is 6.41. The number of nitrogens with one attached hydrogen (secondary N) is 1. The number of urea groups is 1. The molecule has 1 saturated heterocycles. The standard InChI is InChI=1S/C17H24ClN3O3/c1-13(2)24-16(22)6-7-19-17(23)21-10-8-20(9-11-21)15-5-3-4-14(18)12-15/h3-5,12-13H,6-11H2,1-2H3,(H,19,23). The first-order chi connectivity index (χ1) is 11.5. The summed E-state index contributed by atoms with van der Waals surface area (Å²) in [7, 11) is 0. The summed E-state index contributed by atoms with van der Waals surface area (Å²) in [5.74, 6) is -0.295. The molecule has 2 amide bonds. The fourth-order valence-electron chi connectivity index (χ4n) is 2.55. The van der Waals surface area contributed by atoms with E-state index in [-0.39, 0.29) is 24.5 Å². The van der Waals surface area contributed by atoms with Crippen LogP contribution in [-0.4, -0.2) is 55.7 Å². The molecule has 1 aromatic carbocycles. The molecular weight excluding hydrogens is 330 g/mol. The number of hydrogen-bond donors (Lipinski definition) is 1. The van der Waals surface area contributed by atoms with Gasteiger partial charge in [-0.2, -0.15) is 0 Å². The molecule has 0 unspecified atom stereocenters. The van der Waals surface area contributed by atoms with E-state index in [2.05, 4.69) is 10.2 Å². The molecule has 0 aliphatic carbocycles. The molecule has 1 fully saturated rings. The van der Waals surface area contributed by atoms with Gasteiger partial charge in [0, 0.05) is 43.4 Å². The van der Waals surface area contributed by atoms with E-state index in [1.165, 1.54) is 0 Å². The van der Waals surface area contributed by atoms with Crippen LogP contribution in [-0.2, 0) is 9.53 Å². The van der Waals surface area contributed by atoms with Crippen LogP contribution in [0.3, 0.4) is 0 Å². The highest BCUT2D eigenvalue weighted by Gasteiger charge is 2.21. The van der Waals surface area contributed by atoms with E-state index in [1.807, 2.05) is 24.3 Å². The highest BCUT2D eigenvalue weighted by molar-refractivity contribution is 6.30. The Bertz CT molecular complexity index is 572. The molecule has 0 atom stereocenters. The van der Waals surface area contributed by atoms with Crippen molar-refractivity contribution in [1.29, 1.82) is 0 Å². The average molecular weight is 354 g/mol. The molecular formula is C17H24ClN3O3. The van der Waals surface area contributed by atoms with Crippen molar-refractivity contribution in [3.63, 3.8) is 0 Å². The third-order valence-corrected chi connectivity index (χ3v) is 3.95. The van der Waals surface area contributed by atoms with E-state index in [4.69, 9.17) is 16.3 Å². The van der Waals surface area contributed by atoms with Gasteiger partial charge >= 0.3 is 12.0 Å². The third kappa shape index (κ3) is 5.60. The molecule has 1 aliphatic rings. The average Bonchev–Trinajstić information content (AvgIpc) is 2.54. The van der Waals surface area contributed by atoms with Crippen molar-refractivity contribution in [3.05, 3.63) is 29.3 Å². The topological polar surface area (TPSA) is 61.9 Å². The van der Waals surface area contributed by atoms with Crippen molar-refractivity contribution in [2.75, 3.05) is 37.6 Å². The summed E-state index contributed by atoms with van der Waals surface area (Å²) in [6.45, 7) is 6.67. The van der Waals surface area contributed by atoms with E-state index in [1.54, 1.807) is 18.7 Å². The monoisotopic (exact) mass is 353 g/mol. The number of rotatable bonds is 5. The maximum Gasteiger partial charge on any atom is 0.317 e. The van der Waals surface area contributed by atoms with Gasteiger partial charge in [0.1, 0.15) is 0 Å². The summed E-state index contributed by atoms with van der Waals surface area (Å²) >= 11 is 6.02. The van der Waals surface area contributed by atoms with Gasteiger partial charge in [0.25, 0.3) is 0 Å². The zero-order chi connectivity index (χ0) is 17.5. The number of carbonyl (C=O) groups excluding carboxylic acids is 2. The van der Waals surface area contributed by atoms with Gasteiger partial charge in [-0.25, -0.2) is 4.79 Å². The molecule has 1 N–H and O–H groups in total. The Kier molecular flexibility index (Phi) is 6.73. The van der Waals surface area contributed by atoms with Gasteiger partial charge in [0.2, 0.25) is 0 Å². The van der Waals surface area contributed by atoms with Gasteiger partial charge in [-0.05, 0) is 32.0 Å². The van der Waals surface area contributed by atoms with Crippen molar-refractivity contribution in [2.24, 2.45) is 0 Å². The summed E-state index contributed by atoms with van der Waals surface area (Å²) in [4.78, 5) is 27.5. The summed E-state index contributed by atoms with van der Waals surface area (Å²) < 4.78 is 5.03. The lowest BCUT2D eigenvalue weighted by molar-refractivity contribution is -0.147. The Morgan fingerprint density at radius 3 is 2.58 bits per heavy atom. The van der Waals surface area contributed by atoms with Gasteiger partial charge in [-0.15, -0.1) is 0 Å². The number of piperazine rings is 1. The highest BCUT2D eigenvalue weighted by Crippen LogP contribution is 2.20. The summed E-state index contributed by atoms with van der Waals surface area (Å²) in [6, 6.07) is 7.57. The second kappa shape index (κ2) is 8.78. The molecule has 0 spiro atoms. The van der Waals surface area contributed by atoms with Gasteiger partial charge in [-0.1, -0.05) is 17.7 Å². The molecule has 0 saturated carbocycles. The zero-order valence-corrected chi connectivity index (χ0v) is 14.9. The number of halogens is 1. The third-order valence-electron chi connectivity index (χ3n) is 3.71. The Labute approximate surface area is 147 Å². The lowest BCUT2D eigenvalue weighted by Crippen LogP contribution is -2.52. The Balaban J connectivity index is 1.72. The zero-order valence-electron chi connectivity index (χ0n) is 14.1. The number of carbonyl (C=O) groups is 2. The number of nitrogens with zero attached hydrogens (tertiary/aromatic N) is 2. The SMILES string of the molecule is CC(C)OC(=O)CCNC(=O)N1CCN(c2cccc(Cl)c2)CC1. The smallest absolute Gasteiger partial charge is 0.317 e. The number of esters is 1. The maximum atomic E-state index is 12.1. The van der Waals surface area contributed by atoms with Crippen LogP contribution in [0.4, 0.5) is 10.5 Å². The molecule has 7 heteroatoms. The summed E-state index contributed by atoms with van der Waals surface area (Å²) in [5, 5.41) is 3.48. The van der Waals surface area contributed by atoms with Crippen LogP contribution in [0.5, 0.6) is 0 Å². The molecule has 132 valence electrons. The molecule has 0 radical (unpaired) electrons. The first-order valence-electron chi connectivity index (χ1n) is 8.18. The first-order valence-corrected chi connectivity index (χ1v) is 8.56. The predicted molar refractivity (Wildman–Crippen MR) is 94.5 cm³/mol. The van der Waals surface area contributed by atoms with E-state index < -0.39 is 0 Å². The lowest BCUT2D eigenvalue weighted by Gasteiger charge is -2.36. The summed E-state index contributed by atoms with van der Waals surface area (Å²) in [6.07, 6.45) is 0.0552. The van der Waals surface area contributed by atoms with E-state index in [0.29, 0.717) is 24.7 Å². The Hall–Kier alpha value is -1.95. The van der Waals surface area contributed by atoms with Crippen LogP contribution in [0, 0.1) is 0 Å². The lowest BCUT2D eigenvalue weighted by atomic mass is 10.2.